The number of nitrogens with one attached hydrogen (secondary N) is 2. The van der Waals surface area contributed by atoms with E-state index >= 15 is 0 Å². The third kappa shape index (κ3) is 7.67. The number of piperidine rings is 2. The Hall–Kier alpha value is -2.49. The fourth-order valence-corrected chi connectivity index (χ4v) is 6.73. The molecule has 8 heteroatoms. The van der Waals surface area contributed by atoms with Gasteiger partial charge >= 0.3 is 0 Å². The van der Waals surface area contributed by atoms with Gasteiger partial charge in [-0.2, -0.15) is 0 Å². The molecule has 3 saturated heterocycles. The highest BCUT2D eigenvalue weighted by Crippen LogP contribution is 2.35. The van der Waals surface area contributed by atoms with Gasteiger partial charge in [0, 0.05) is 32.1 Å². The topological polar surface area (TPSA) is 86.3 Å². The summed E-state index contributed by atoms with van der Waals surface area (Å²) >= 11 is 0. The van der Waals surface area contributed by atoms with Crippen LogP contribution in [-0.4, -0.2) is 85.6 Å². The molecular formula is C33H48N4O4. The molecule has 0 radical (unpaired) electrons. The van der Waals surface area contributed by atoms with Gasteiger partial charge in [0.05, 0.1) is 24.7 Å². The van der Waals surface area contributed by atoms with Crippen LogP contribution in [0.15, 0.2) is 54.6 Å². The lowest BCUT2D eigenvalue weighted by molar-refractivity contribution is -0.169. The first-order valence-electron chi connectivity index (χ1n) is 15.4. The van der Waals surface area contributed by atoms with Crippen molar-refractivity contribution in [2.45, 2.75) is 58.0 Å². The van der Waals surface area contributed by atoms with E-state index in [1.165, 1.54) is 18.4 Å². The van der Waals surface area contributed by atoms with Crippen molar-refractivity contribution in [3.8, 4) is 11.5 Å². The van der Waals surface area contributed by atoms with E-state index in [0.29, 0.717) is 18.4 Å². The van der Waals surface area contributed by atoms with Gasteiger partial charge in [0.25, 0.3) is 0 Å². The number of amides is 1. The summed E-state index contributed by atoms with van der Waals surface area (Å²) in [7, 11) is 2.13. The number of nitrogens with zero attached hydrogens (tertiary/aromatic N) is 2. The van der Waals surface area contributed by atoms with Gasteiger partial charge in [-0.3, -0.25) is 15.0 Å². The number of aliphatic hydroxyl groups is 1. The van der Waals surface area contributed by atoms with Crippen LogP contribution < -0.4 is 15.4 Å². The molecule has 3 aliphatic heterocycles. The van der Waals surface area contributed by atoms with Crippen molar-refractivity contribution in [1.29, 1.82) is 0 Å². The molecule has 0 bridgehead atoms. The second kappa shape index (κ2) is 14.1. The van der Waals surface area contributed by atoms with E-state index in [-0.39, 0.29) is 42.7 Å². The van der Waals surface area contributed by atoms with Crippen LogP contribution in [0.3, 0.4) is 0 Å². The van der Waals surface area contributed by atoms with Crippen molar-refractivity contribution in [3.63, 3.8) is 0 Å². The number of hydrogen-bond acceptors (Lipinski definition) is 7. The third-order valence-corrected chi connectivity index (χ3v) is 9.24. The molecule has 3 unspecified atom stereocenters. The lowest BCUT2D eigenvalue weighted by atomic mass is 9.76. The SMILES string of the molecule is C[C@@H]1CN([C@@H](C)CO)C(=O)C2CC(C3CCNCC3)CNC2O[C@H]1CN(C)Cc1ccc(Oc2ccccc2)cc1. The lowest BCUT2D eigenvalue weighted by Gasteiger charge is -2.47. The molecular weight excluding hydrogens is 516 g/mol. The summed E-state index contributed by atoms with van der Waals surface area (Å²) in [4.78, 5) is 18.1. The number of ether oxygens (including phenoxy) is 2. The number of aliphatic hydroxyl groups excluding tert-OH is 1. The van der Waals surface area contributed by atoms with E-state index in [0.717, 1.165) is 50.6 Å². The summed E-state index contributed by atoms with van der Waals surface area (Å²) in [6, 6.07) is 17.9. The molecule has 0 aromatic heterocycles. The number of hydrogen-bond donors (Lipinski definition) is 3. The van der Waals surface area contributed by atoms with Gasteiger partial charge in [-0.1, -0.05) is 37.3 Å². The summed E-state index contributed by atoms with van der Waals surface area (Å²) in [6.07, 6.45) is 2.84. The molecule has 2 aromatic rings. The summed E-state index contributed by atoms with van der Waals surface area (Å²) in [5, 5.41) is 17.1. The minimum Gasteiger partial charge on any atom is -0.457 e. The monoisotopic (exact) mass is 564 g/mol. The lowest BCUT2D eigenvalue weighted by Crippen LogP contribution is -2.61. The second-order valence-electron chi connectivity index (χ2n) is 12.4. The van der Waals surface area contributed by atoms with Crippen molar-refractivity contribution in [2.24, 2.45) is 23.7 Å². The highest BCUT2D eigenvalue weighted by Gasteiger charge is 2.44. The first-order chi connectivity index (χ1) is 19.9. The Labute approximate surface area is 245 Å². The molecule has 0 saturated carbocycles. The summed E-state index contributed by atoms with van der Waals surface area (Å²) in [6.45, 7) is 9.22. The molecule has 41 heavy (non-hydrogen) atoms. The standard InChI is InChI=1S/C33H48N4O4/c1-23-19-37(24(2)22-38)33(39)30-17-27(26-13-15-34-16-14-26)18-35-32(30)41-31(23)21-36(3)20-25-9-11-29(12-10-25)40-28-7-5-4-6-8-28/h4-12,23-24,26-27,30-32,34-35,38H,13-22H2,1-3H3/t23-,24+,27?,30?,31+,32?/m1/s1. The highest BCUT2D eigenvalue weighted by atomic mass is 16.5. The minimum atomic E-state index is -0.301. The molecule has 3 fully saturated rings. The normalized spacial score (nSPS) is 28.6. The molecule has 2 aromatic carbocycles. The van der Waals surface area contributed by atoms with E-state index in [1.54, 1.807) is 0 Å². The van der Waals surface area contributed by atoms with Gasteiger partial charge in [-0.15, -0.1) is 0 Å². The number of rotatable bonds is 9. The van der Waals surface area contributed by atoms with Crippen molar-refractivity contribution in [1.82, 2.24) is 20.4 Å². The van der Waals surface area contributed by atoms with Crippen molar-refractivity contribution >= 4 is 5.91 Å². The van der Waals surface area contributed by atoms with Gasteiger partial charge < -0.3 is 24.8 Å². The number of para-hydroxylation sites is 1. The summed E-state index contributed by atoms with van der Waals surface area (Å²) in [5.41, 5.74) is 1.20. The average molecular weight is 565 g/mol. The Morgan fingerprint density at radius 3 is 2.49 bits per heavy atom. The predicted octanol–water partition coefficient (Wildman–Crippen LogP) is 3.71. The van der Waals surface area contributed by atoms with Gasteiger partial charge in [-0.05, 0) is 88.0 Å². The van der Waals surface area contributed by atoms with E-state index in [2.05, 4.69) is 41.6 Å². The maximum absolute atomic E-state index is 13.9. The fraction of sp³-hybridized carbons (Fsp3) is 0.606. The Balaban J connectivity index is 1.24. The third-order valence-electron chi connectivity index (χ3n) is 9.24. The fourth-order valence-electron chi connectivity index (χ4n) is 6.73. The highest BCUT2D eigenvalue weighted by molar-refractivity contribution is 5.80. The Bertz CT molecular complexity index is 1090. The van der Waals surface area contributed by atoms with Gasteiger partial charge in [0.1, 0.15) is 17.7 Å². The van der Waals surface area contributed by atoms with Crippen LogP contribution in [0.5, 0.6) is 11.5 Å². The van der Waals surface area contributed by atoms with Crippen molar-refractivity contribution in [2.75, 3.05) is 46.4 Å². The first-order valence-corrected chi connectivity index (χ1v) is 15.4. The Morgan fingerprint density at radius 1 is 1.07 bits per heavy atom. The Kier molecular flexibility index (Phi) is 10.3. The zero-order chi connectivity index (χ0) is 28.8. The molecule has 8 nitrogen and oxygen atoms in total. The molecule has 5 rings (SSSR count). The summed E-state index contributed by atoms with van der Waals surface area (Å²) in [5.74, 6) is 2.78. The van der Waals surface area contributed by atoms with Crippen LogP contribution in [0.4, 0.5) is 0 Å². The predicted molar refractivity (Wildman–Crippen MR) is 161 cm³/mol. The van der Waals surface area contributed by atoms with Crippen LogP contribution in [0, 0.1) is 23.7 Å². The number of likely N-dealkylation sites (N-methyl/N-ethyl adjacent to an activating group) is 1. The van der Waals surface area contributed by atoms with Gasteiger partial charge in [0.15, 0.2) is 0 Å². The largest absolute Gasteiger partial charge is 0.457 e. The molecule has 3 aliphatic rings. The molecule has 3 N–H and O–H groups in total. The van der Waals surface area contributed by atoms with Crippen LogP contribution in [-0.2, 0) is 16.1 Å². The van der Waals surface area contributed by atoms with Crippen LogP contribution in [0.1, 0.15) is 38.7 Å². The van der Waals surface area contributed by atoms with E-state index < -0.39 is 0 Å². The quantitative estimate of drug-likeness (QED) is 0.428. The number of carbonyl (C=O) groups excluding carboxylic acids is 1. The van der Waals surface area contributed by atoms with E-state index in [4.69, 9.17) is 9.47 Å². The van der Waals surface area contributed by atoms with Crippen LogP contribution in [0.25, 0.3) is 0 Å². The minimum absolute atomic E-state index is 0.0313. The maximum Gasteiger partial charge on any atom is 0.230 e. The molecule has 224 valence electrons. The van der Waals surface area contributed by atoms with Crippen molar-refractivity contribution in [3.05, 3.63) is 60.2 Å². The van der Waals surface area contributed by atoms with Gasteiger partial charge in [-0.25, -0.2) is 0 Å². The maximum atomic E-state index is 13.9. The molecule has 6 atom stereocenters. The first kappa shape index (κ1) is 30.0. The zero-order valence-corrected chi connectivity index (χ0v) is 24.9. The number of carbonyl (C=O) groups is 1. The average Bonchev–Trinajstić information content (AvgIpc) is 3.00. The molecule has 0 spiro atoms. The Morgan fingerprint density at radius 2 is 1.78 bits per heavy atom. The number of benzene rings is 2. The zero-order valence-electron chi connectivity index (χ0n) is 24.9. The smallest absolute Gasteiger partial charge is 0.230 e. The molecule has 0 aliphatic carbocycles. The second-order valence-corrected chi connectivity index (χ2v) is 12.4. The van der Waals surface area contributed by atoms with E-state index in [9.17, 15) is 9.90 Å². The van der Waals surface area contributed by atoms with E-state index in [1.807, 2.05) is 54.3 Å². The summed E-state index contributed by atoms with van der Waals surface area (Å²) < 4.78 is 12.7. The number of fused-ring (bicyclic) bond motifs is 1. The van der Waals surface area contributed by atoms with Crippen LogP contribution >= 0.6 is 0 Å². The van der Waals surface area contributed by atoms with Gasteiger partial charge in [0.2, 0.25) is 5.91 Å². The molecule has 3 heterocycles. The van der Waals surface area contributed by atoms with Crippen molar-refractivity contribution < 1.29 is 19.4 Å². The van der Waals surface area contributed by atoms with Crippen LogP contribution in [0.2, 0.25) is 0 Å². The molecule has 1 amide bonds.